The topological polar surface area (TPSA) is 93.5 Å². The Kier molecular flexibility index (Phi) is 9.91. The Balaban J connectivity index is 0.00000400. The lowest BCUT2D eigenvalue weighted by molar-refractivity contribution is -0.384. The number of nitrogens with one attached hydrogen (secondary N) is 2. The smallest absolute Gasteiger partial charge is 0.273 e. The third-order valence-corrected chi connectivity index (χ3v) is 2.45. The van der Waals surface area contributed by atoms with Crippen molar-refractivity contribution in [1.29, 1.82) is 0 Å². The van der Waals surface area contributed by atoms with Crippen molar-refractivity contribution in [3.8, 4) is 5.75 Å². The maximum absolute atomic E-state index is 11.5. The first-order chi connectivity index (χ1) is 9.63. The SMILES string of the molecule is CCCNCCNC(=O)COc1cccc([N+](=O)[O-])c1.Cl. The highest BCUT2D eigenvalue weighted by molar-refractivity contribution is 5.85. The van der Waals surface area contributed by atoms with Crippen LogP contribution < -0.4 is 15.4 Å². The van der Waals surface area contributed by atoms with Crippen LogP contribution in [0.4, 0.5) is 5.69 Å². The summed E-state index contributed by atoms with van der Waals surface area (Å²) in [5.41, 5.74) is -0.0633. The van der Waals surface area contributed by atoms with Crippen LogP contribution in [-0.4, -0.2) is 37.1 Å². The molecule has 8 heteroatoms. The Bertz CT molecular complexity index is 457. The molecule has 0 aliphatic carbocycles. The number of halogens is 1. The lowest BCUT2D eigenvalue weighted by Gasteiger charge is -2.07. The minimum Gasteiger partial charge on any atom is -0.484 e. The first kappa shape index (κ1) is 19.1. The third-order valence-electron chi connectivity index (χ3n) is 2.45. The number of amides is 1. The number of hydrogen-bond donors (Lipinski definition) is 2. The van der Waals surface area contributed by atoms with Crippen molar-refractivity contribution >= 4 is 24.0 Å². The van der Waals surface area contributed by atoms with Crippen molar-refractivity contribution in [2.24, 2.45) is 0 Å². The van der Waals surface area contributed by atoms with E-state index in [1.807, 2.05) is 0 Å². The minimum absolute atomic E-state index is 0. The summed E-state index contributed by atoms with van der Waals surface area (Å²) in [6, 6.07) is 5.74. The summed E-state index contributed by atoms with van der Waals surface area (Å²) in [4.78, 5) is 21.5. The number of nitrogens with zero attached hydrogens (tertiary/aromatic N) is 1. The number of carbonyl (C=O) groups is 1. The molecular formula is C13H20ClN3O4. The fourth-order valence-electron chi connectivity index (χ4n) is 1.48. The molecule has 2 N–H and O–H groups in total. The summed E-state index contributed by atoms with van der Waals surface area (Å²) in [5, 5.41) is 16.4. The summed E-state index contributed by atoms with van der Waals surface area (Å²) in [6.45, 7) is 4.06. The van der Waals surface area contributed by atoms with Gasteiger partial charge in [-0.15, -0.1) is 12.4 Å². The van der Waals surface area contributed by atoms with Crippen molar-refractivity contribution in [3.05, 3.63) is 34.4 Å². The van der Waals surface area contributed by atoms with Crippen molar-refractivity contribution in [2.75, 3.05) is 26.2 Å². The van der Waals surface area contributed by atoms with E-state index in [1.54, 1.807) is 6.07 Å². The van der Waals surface area contributed by atoms with E-state index in [2.05, 4.69) is 17.6 Å². The van der Waals surface area contributed by atoms with Crippen LogP contribution >= 0.6 is 12.4 Å². The lowest BCUT2D eigenvalue weighted by Crippen LogP contribution is -2.35. The second kappa shape index (κ2) is 10.9. The molecule has 0 aliphatic heterocycles. The lowest BCUT2D eigenvalue weighted by atomic mass is 10.3. The van der Waals surface area contributed by atoms with E-state index in [9.17, 15) is 14.9 Å². The second-order valence-corrected chi connectivity index (χ2v) is 4.14. The van der Waals surface area contributed by atoms with Crippen molar-refractivity contribution in [1.82, 2.24) is 10.6 Å². The summed E-state index contributed by atoms with van der Waals surface area (Å²) in [5.74, 6) is 0.0493. The fourth-order valence-corrected chi connectivity index (χ4v) is 1.48. The normalized spacial score (nSPS) is 9.57. The zero-order valence-corrected chi connectivity index (χ0v) is 12.6. The first-order valence-corrected chi connectivity index (χ1v) is 6.48. The number of benzene rings is 1. The molecule has 0 bridgehead atoms. The molecule has 0 fully saturated rings. The number of rotatable bonds is 9. The van der Waals surface area contributed by atoms with E-state index >= 15 is 0 Å². The Morgan fingerprint density at radius 2 is 2.10 bits per heavy atom. The number of carbonyl (C=O) groups excluding carboxylic acids is 1. The predicted molar refractivity (Wildman–Crippen MR) is 82.0 cm³/mol. The Hall–Kier alpha value is -1.86. The quantitative estimate of drug-likeness (QED) is 0.409. The number of nitro groups is 1. The molecule has 0 aromatic heterocycles. The third kappa shape index (κ3) is 8.11. The van der Waals surface area contributed by atoms with Gasteiger partial charge in [-0.05, 0) is 19.0 Å². The standard InChI is InChI=1S/C13H19N3O4.ClH/c1-2-6-14-7-8-15-13(17)10-20-12-5-3-4-11(9-12)16(18)19;/h3-5,9,14H,2,6-8,10H2,1H3,(H,15,17);1H. The minimum atomic E-state index is -0.508. The van der Waals surface area contributed by atoms with Gasteiger partial charge in [-0.1, -0.05) is 13.0 Å². The number of nitro benzene ring substituents is 1. The second-order valence-electron chi connectivity index (χ2n) is 4.14. The van der Waals surface area contributed by atoms with Gasteiger partial charge in [-0.3, -0.25) is 14.9 Å². The van der Waals surface area contributed by atoms with Crippen molar-refractivity contribution < 1.29 is 14.5 Å². The van der Waals surface area contributed by atoms with E-state index in [-0.39, 0.29) is 30.6 Å². The van der Waals surface area contributed by atoms with Crippen LogP contribution in [0.1, 0.15) is 13.3 Å². The van der Waals surface area contributed by atoms with E-state index in [1.165, 1.54) is 18.2 Å². The molecule has 118 valence electrons. The first-order valence-electron chi connectivity index (χ1n) is 6.48. The number of ether oxygens (including phenoxy) is 1. The van der Waals surface area contributed by atoms with E-state index in [0.717, 1.165) is 13.0 Å². The molecule has 0 aliphatic rings. The molecule has 1 aromatic carbocycles. The van der Waals surface area contributed by atoms with Gasteiger partial charge in [-0.25, -0.2) is 0 Å². The fraction of sp³-hybridized carbons (Fsp3) is 0.462. The molecule has 1 rings (SSSR count). The molecule has 1 amide bonds. The molecule has 1 aromatic rings. The maximum atomic E-state index is 11.5. The highest BCUT2D eigenvalue weighted by Crippen LogP contribution is 2.18. The largest absolute Gasteiger partial charge is 0.484 e. The van der Waals surface area contributed by atoms with Crippen LogP contribution in [0, 0.1) is 10.1 Å². The molecule has 0 saturated carbocycles. The van der Waals surface area contributed by atoms with Gasteiger partial charge in [0.25, 0.3) is 11.6 Å². The van der Waals surface area contributed by atoms with Crippen LogP contribution in [0.5, 0.6) is 5.75 Å². The van der Waals surface area contributed by atoms with Crippen LogP contribution in [0.15, 0.2) is 24.3 Å². The molecule has 21 heavy (non-hydrogen) atoms. The highest BCUT2D eigenvalue weighted by Gasteiger charge is 2.07. The molecule has 0 radical (unpaired) electrons. The van der Waals surface area contributed by atoms with Gasteiger partial charge >= 0.3 is 0 Å². The Labute approximate surface area is 129 Å². The maximum Gasteiger partial charge on any atom is 0.273 e. The van der Waals surface area contributed by atoms with Gasteiger partial charge in [0.1, 0.15) is 5.75 Å². The Morgan fingerprint density at radius 1 is 1.33 bits per heavy atom. The average Bonchev–Trinajstić information content (AvgIpc) is 2.45. The van der Waals surface area contributed by atoms with E-state index in [0.29, 0.717) is 18.8 Å². The highest BCUT2D eigenvalue weighted by atomic mass is 35.5. The zero-order chi connectivity index (χ0) is 14.8. The summed E-state index contributed by atoms with van der Waals surface area (Å²) in [6.07, 6.45) is 1.05. The van der Waals surface area contributed by atoms with Crippen molar-refractivity contribution in [2.45, 2.75) is 13.3 Å². The van der Waals surface area contributed by atoms with Gasteiger partial charge < -0.3 is 15.4 Å². The van der Waals surface area contributed by atoms with Gasteiger partial charge in [0.05, 0.1) is 11.0 Å². The van der Waals surface area contributed by atoms with E-state index in [4.69, 9.17) is 4.74 Å². The summed E-state index contributed by atoms with van der Waals surface area (Å²) in [7, 11) is 0. The van der Waals surface area contributed by atoms with Gasteiger partial charge in [0.15, 0.2) is 6.61 Å². The molecular weight excluding hydrogens is 298 g/mol. The zero-order valence-electron chi connectivity index (χ0n) is 11.8. The van der Waals surface area contributed by atoms with Crippen LogP contribution in [0.2, 0.25) is 0 Å². The van der Waals surface area contributed by atoms with E-state index < -0.39 is 4.92 Å². The van der Waals surface area contributed by atoms with Gasteiger partial charge in [0, 0.05) is 19.2 Å². The average molecular weight is 318 g/mol. The van der Waals surface area contributed by atoms with Crippen LogP contribution in [0.3, 0.4) is 0 Å². The van der Waals surface area contributed by atoms with Gasteiger partial charge in [0.2, 0.25) is 0 Å². The monoisotopic (exact) mass is 317 g/mol. The van der Waals surface area contributed by atoms with Crippen LogP contribution in [-0.2, 0) is 4.79 Å². The predicted octanol–water partition coefficient (Wildman–Crippen LogP) is 1.51. The summed E-state index contributed by atoms with van der Waals surface area (Å²) < 4.78 is 5.20. The molecule has 0 heterocycles. The molecule has 0 atom stereocenters. The number of non-ortho nitro benzene ring substituents is 1. The molecule has 0 saturated heterocycles. The Morgan fingerprint density at radius 3 is 2.76 bits per heavy atom. The molecule has 7 nitrogen and oxygen atoms in total. The molecule has 0 spiro atoms. The number of hydrogen-bond acceptors (Lipinski definition) is 5. The van der Waals surface area contributed by atoms with Gasteiger partial charge in [-0.2, -0.15) is 0 Å². The van der Waals surface area contributed by atoms with Crippen molar-refractivity contribution in [3.63, 3.8) is 0 Å². The summed E-state index contributed by atoms with van der Waals surface area (Å²) >= 11 is 0. The van der Waals surface area contributed by atoms with Crippen LogP contribution in [0.25, 0.3) is 0 Å². The molecule has 0 unspecified atom stereocenters.